The summed E-state index contributed by atoms with van der Waals surface area (Å²) >= 11 is 0. The maximum absolute atomic E-state index is 12.4. The van der Waals surface area contributed by atoms with Gasteiger partial charge >= 0.3 is 6.03 Å². The van der Waals surface area contributed by atoms with Gasteiger partial charge in [-0.25, -0.2) is 4.79 Å². The number of carbonyl (C=O) groups is 1. The molecule has 2 amide bonds. The van der Waals surface area contributed by atoms with Crippen molar-refractivity contribution in [3.8, 4) is 0 Å². The molecule has 4 heteroatoms. The SMILES string of the molecule is CN(C)c1cccc(NC(=O)NCC23CC4CC(CC(C4)C2)C3)c1. The van der Waals surface area contributed by atoms with E-state index in [-0.39, 0.29) is 6.03 Å². The zero-order valence-corrected chi connectivity index (χ0v) is 14.8. The van der Waals surface area contributed by atoms with Gasteiger partial charge in [-0.2, -0.15) is 0 Å². The third-order valence-corrected chi connectivity index (χ3v) is 6.41. The number of amides is 2. The lowest BCUT2D eigenvalue weighted by molar-refractivity contribution is -0.0496. The molecule has 2 N–H and O–H groups in total. The van der Waals surface area contributed by atoms with E-state index in [2.05, 4.69) is 10.6 Å². The third-order valence-electron chi connectivity index (χ3n) is 6.41. The molecule has 0 aromatic heterocycles. The van der Waals surface area contributed by atoms with Crippen LogP contribution >= 0.6 is 0 Å². The van der Waals surface area contributed by atoms with Crippen molar-refractivity contribution < 1.29 is 4.79 Å². The standard InChI is InChI=1S/C20H29N3O/c1-23(2)18-5-3-4-17(9-18)22-19(24)21-13-20-10-14-6-15(11-20)8-16(7-14)12-20/h3-5,9,14-16H,6-8,10-13H2,1-2H3,(H2,21,22,24). The number of rotatable bonds is 4. The van der Waals surface area contributed by atoms with Crippen LogP contribution in [0.15, 0.2) is 24.3 Å². The molecular formula is C20H29N3O. The molecule has 4 aliphatic carbocycles. The quantitative estimate of drug-likeness (QED) is 0.875. The lowest BCUT2D eigenvalue weighted by atomic mass is 9.49. The molecule has 0 aliphatic heterocycles. The van der Waals surface area contributed by atoms with E-state index in [1.807, 2.05) is 43.3 Å². The van der Waals surface area contributed by atoms with E-state index >= 15 is 0 Å². The Morgan fingerprint density at radius 1 is 1.12 bits per heavy atom. The van der Waals surface area contributed by atoms with Crippen molar-refractivity contribution >= 4 is 17.4 Å². The van der Waals surface area contributed by atoms with Gasteiger partial charge in [-0.15, -0.1) is 0 Å². The maximum Gasteiger partial charge on any atom is 0.319 e. The molecule has 4 nitrogen and oxygen atoms in total. The van der Waals surface area contributed by atoms with E-state index in [0.29, 0.717) is 5.41 Å². The Bertz CT molecular complexity index is 590. The fraction of sp³-hybridized carbons (Fsp3) is 0.650. The van der Waals surface area contributed by atoms with Gasteiger partial charge in [0, 0.05) is 32.0 Å². The first-order valence-corrected chi connectivity index (χ1v) is 9.34. The highest BCUT2D eigenvalue weighted by Gasteiger charge is 2.50. The molecule has 0 radical (unpaired) electrons. The lowest BCUT2D eigenvalue weighted by Gasteiger charge is -2.56. The predicted molar refractivity (Wildman–Crippen MR) is 98.4 cm³/mol. The average Bonchev–Trinajstić information content (AvgIpc) is 2.52. The summed E-state index contributed by atoms with van der Waals surface area (Å²) in [7, 11) is 4.01. The fourth-order valence-electron chi connectivity index (χ4n) is 5.81. The predicted octanol–water partition coefficient (Wildman–Crippen LogP) is 4.09. The molecule has 0 atom stereocenters. The van der Waals surface area contributed by atoms with Crippen LogP contribution in [0.1, 0.15) is 38.5 Å². The van der Waals surface area contributed by atoms with Crippen LogP contribution in [0.3, 0.4) is 0 Å². The van der Waals surface area contributed by atoms with Crippen LogP contribution in [0, 0.1) is 23.2 Å². The molecule has 24 heavy (non-hydrogen) atoms. The number of anilines is 2. The summed E-state index contributed by atoms with van der Waals surface area (Å²) in [5, 5.41) is 6.17. The molecule has 4 aliphatic rings. The molecule has 0 unspecified atom stereocenters. The first kappa shape index (κ1) is 15.8. The zero-order valence-electron chi connectivity index (χ0n) is 14.8. The molecule has 0 heterocycles. The first-order valence-electron chi connectivity index (χ1n) is 9.34. The Morgan fingerprint density at radius 2 is 1.75 bits per heavy atom. The summed E-state index contributed by atoms with van der Waals surface area (Å²) in [6, 6.07) is 7.89. The Hall–Kier alpha value is -1.71. The van der Waals surface area contributed by atoms with Crippen LogP contribution in [0.5, 0.6) is 0 Å². The van der Waals surface area contributed by atoms with Gasteiger partial charge in [-0.1, -0.05) is 6.07 Å². The number of nitrogens with zero attached hydrogens (tertiary/aromatic N) is 1. The van der Waals surface area contributed by atoms with E-state index in [1.165, 1.54) is 38.5 Å². The van der Waals surface area contributed by atoms with E-state index in [1.54, 1.807) is 0 Å². The molecule has 0 spiro atoms. The summed E-state index contributed by atoms with van der Waals surface area (Å²) < 4.78 is 0. The van der Waals surface area contributed by atoms with Gasteiger partial charge in [0.2, 0.25) is 0 Å². The topological polar surface area (TPSA) is 44.4 Å². The summed E-state index contributed by atoms with van der Waals surface area (Å²) in [4.78, 5) is 14.4. The van der Waals surface area contributed by atoms with Gasteiger partial charge in [0.15, 0.2) is 0 Å². The molecule has 1 aromatic rings. The molecule has 130 valence electrons. The van der Waals surface area contributed by atoms with Crippen LogP contribution in [0.25, 0.3) is 0 Å². The highest BCUT2D eigenvalue weighted by atomic mass is 16.2. The fourth-order valence-corrected chi connectivity index (χ4v) is 5.81. The van der Waals surface area contributed by atoms with E-state index in [0.717, 1.165) is 35.7 Å². The normalized spacial score (nSPS) is 33.3. The Morgan fingerprint density at radius 3 is 2.33 bits per heavy atom. The van der Waals surface area contributed by atoms with Crippen LogP contribution < -0.4 is 15.5 Å². The highest BCUT2D eigenvalue weighted by molar-refractivity contribution is 5.89. The molecule has 5 rings (SSSR count). The molecule has 1 aromatic carbocycles. The maximum atomic E-state index is 12.4. The largest absolute Gasteiger partial charge is 0.378 e. The third kappa shape index (κ3) is 3.11. The van der Waals surface area contributed by atoms with Gasteiger partial charge in [0.1, 0.15) is 0 Å². The summed E-state index contributed by atoms with van der Waals surface area (Å²) in [5.41, 5.74) is 2.33. The van der Waals surface area contributed by atoms with Gasteiger partial charge in [0.05, 0.1) is 0 Å². The number of carbonyl (C=O) groups excluding carboxylic acids is 1. The van der Waals surface area contributed by atoms with E-state index in [4.69, 9.17) is 0 Å². The second kappa shape index (κ2) is 5.98. The van der Waals surface area contributed by atoms with E-state index in [9.17, 15) is 4.79 Å². The number of hydrogen-bond donors (Lipinski definition) is 2. The van der Waals surface area contributed by atoms with Crippen molar-refractivity contribution in [1.29, 1.82) is 0 Å². The average molecular weight is 327 g/mol. The van der Waals surface area contributed by atoms with Crippen molar-refractivity contribution in [2.45, 2.75) is 38.5 Å². The summed E-state index contributed by atoms with van der Waals surface area (Å²) in [6.07, 6.45) is 8.33. The van der Waals surface area contributed by atoms with Crippen molar-refractivity contribution in [1.82, 2.24) is 5.32 Å². The Kier molecular flexibility index (Phi) is 3.93. The summed E-state index contributed by atoms with van der Waals surface area (Å²) in [6.45, 7) is 0.843. The van der Waals surface area contributed by atoms with Crippen molar-refractivity contribution in [3.05, 3.63) is 24.3 Å². The number of hydrogen-bond acceptors (Lipinski definition) is 2. The van der Waals surface area contributed by atoms with Crippen molar-refractivity contribution in [2.75, 3.05) is 30.9 Å². The second-order valence-corrected chi connectivity index (χ2v) is 8.67. The summed E-state index contributed by atoms with van der Waals surface area (Å²) in [5.74, 6) is 2.79. The van der Waals surface area contributed by atoms with Gasteiger partial charge in [0.25, 0.3) is 0 Å². The number of nitrogens with one attached hydrogen (secondary N) is 2. The minimum Gasteiger partial charge on any atom is -0.378 e. The van der Waals surface area contributed by atoms with Gasteiger partial charge in [-0.3, -0.25) is 0 Å². The Labute approximate surface area is 145 Å². The number of urea groups is 1. The van der Waals surface area contributed by atoms with Gasteiger partial charge in [-0.05, 0) is 79.9 Å². The van der Waals surface area contributed by atoms with Crippen LogP contribution in [0.4, 0.5) is 16.2 Å². The Balaban J connectivity index is 1.35. The monoisotopic (exact) mass is 327 g/mol. The molecule has 0 saturated heterocycles. The minimum atomic E-state index is -0.0679. The number of benzene rings is 1. The first-order chi connectivity index (χ1) is 11.5. The lowest BCUT2D eigenvalue weighted by Crippen LogP contribution is -2.51. The molecule has 4 saturated carbocycles. The smallest absolute Gasteiger partial charge is 0.319 e. The van der Waals surface area contributed by atoms with Crippen molar-refractivity contribution in [3.63, 3.8) is 0 Å². The molecule has 4 bridgehead atoms. The highest BCUT2D eigenvalue weighted by Crippen LogP contribution is 2.59. The van der Waals surface area contributed by atoms with Crippen LogP contribution in [0.2, 0.25) is 0 Å². The van der Waals surface area contributed by atoms with Crippen LogP contribution in [-0.2, 0) is 0 Å². The molecular weight excluding hydrogens is 298 g/mol. The van der Waals surface area contributed by atoms with E-state index < -0.39 is 0 Å². The second-order valence-electron chi connectivity index (χ2n) is 8.67. The minimum absolute atomic E-state index is 0.0679. The van der Waals surface area contributed by atoms with Crippen molar-refractivity contribution in [2.24, 2.45) is 23.2 Å². The molecule has 4 fully saturated rings. The zero-order chi connectivity index (χ0) is 16.7. The van der Waals surface area contributed by atoms with Crippen LogP contribution in [-0.4, -0.2) is 26.7 Å². The van der Waals surface area contributed by atoms with Gasteiger partial charge < -0.3 is 15.5 Å².